The lowest BCUT2D eigenvalue weighted by Crippen LogP contribution is -2.19. The Hall–Kier alpha value is -1.45. The van der Waals surface area contributed by atoms with Gasteiger partial charge >= 0.3 is 0 Å². The van der Waals surface area contributed by atoms with E-state index in [9.17, 15) is 0 Å². The molecule has 1 atom stereocenters. The van der Waals surface area contributed by atoms with Crippen LogP contribution in [0.5, 0.6) is 0 Å². The lowest BCUT2D eigenvalue weighted by Gasteiger charge is -2.15. The van der Waals surface area contributed by atoms with Crippen molar-refractivity contribution in [3.05, 3.63) is 59.1 Å². The van der Waals surface area contributed by atoms with Crippen LogP contribution in [0, 0.1) is 0 Å². The Morgan fingerprint density at radius 3 is 2.59 bits per heavy atom. The number of rotatable bonds is 4. The summed E-state index contributed by atoms with van der Waals surface area (Å²) in [7, 11) is 1.93. The Balaban J connectivity index is 2.14. The average molecular weight is 248 g/mol. The molecule has 0 spiro atoms. The second kappa shape index (κ2) is 5.75. The summed E-state index contributed by atoms with van der Waals surface area (Å²) in [6, 6.07) is 8.03. The van der Waals surface area contributed by atoms with Gasteiger partial charge in [-0.15, -0.1) is 0 Å². The highest BCUT2D eigenvalue weighted by molar-refractivity contribution is 6.30. The van der Waals surface area contributed by atoms with Gasteiger partial charge in [-0.25, -0.2) is 0 Å². The molecule has 1 N–H and O–H groups in total. The smallest absolute Gasteiger partial charge is 0.0589 e. The van der Waals surface area contributed by atoms with Crippen LogP contribution >= 0.6 is 11.6 Å². The Labute approximate surface area is 106 Å². The number of nitrogens with zero attached hydrogens (tertiary/aromatic N) is 2. The number of nitrogens with one attached hydrogen (secondary N) is 1. The second-order valence-electron chi connectivity index (χ2n) is 3.80. The average Bonchev–Trinajstić information content (AvgIpc) is 2.38. The summed E-state index contributed by atoms with van der Waals surface area (Å²) in [6.45, 7) is 0. The molecular formula is C13H14ClN3. The van der Waals surface area contributed by atoms with Crippen LogP contribution in [0.25, 0.3) is 0 Å². The van der Waals surface area contributed by atoms with E-state index in [1.54, 1.807) is 18.6 Å². The topological polar surface area (TPSA) is 37.8 Å². The van der Waals surface area contributed by atoms with E-state index in [1.807, 2.05) is 31.3 Å². The van der Waals surface area contributed by atoms with Crippen LogP contribution in [0.4, 0.5) is 0 Å². The molecule has 3 nitrogen and oxygen atoms in total. The molecule has 0 bridgehead atoms. The van der Waals surface area contributed by atoms with Gasteiger partial charge in [-0.1, -0.05) is 11.6 Å². The normalized spacial score (nSPS) is 12.4. The summed E-state index contributed by atoms with van der Waals surface area (Å²) in [6.07, 6.45) is 6.16. The summed E-state index contributed by atoms with van der Waals surface area (Å²) in [4.78, 5) is 8.34. The summed E-state index contributed by atoms with van der Waals surface area (Å²) < 4.78 is 0. The highest BCUT2D eigenvalue weighted by Gasteiger charge is 2.11. The van der Waals surface area contributed by atoms with E-state index < -0.39 is 0 Å². The molecule has 2 aromatic rings. The molecule has 0 aliphatic rings. The van der Waals surface area contributed by atoms with Crippen molar-refractivity contribution in [1.29, 1.82) is 0 Å². The second-order valence-corrected chi connectivity index (χ2v) is 4.24. The quantitative estimate of drug-likeness (QED) is 0.903. The minimum Gasteiger partial charge on any atom is -0.311 e. The molecule has 4 heteroatoms. The number of hydrogen-bond acceptors (Lipinski definition) is 3. The van der Waals surface area contributed by atoms with Crippen molar-refractivity contribution in [2.45, 2.75) is 12.5 Å². The SMILES string of the molecule is CNC(Cc1ccncc1)c1ccc(Cl)cn1. The van der Waals surface area contributed by atoms with Gasteiger partial charge in [0, 0.05) is 18.6 Å². The minimum atomic E-state index is 0.190. The maximum absolute atomic E-state index is 5.83. The fourth-order valence-electron chi connectivity index (χ4n) is 1.70. The molecule has 0 saturated carbocycles. The molecule has 0 aromatic carbocycles. The van der Waals surface area contributed by atoms with Gasteiger partial charge in [-0.3, -0.25) is 9.97 Å². The van der Waals surface area contributed by atoms with Gasteiger partial charge in [0.15, 0.2) is 0 Å². The molecule has 0 radical (unpaired) electrons. The van der Waals surface area contributed by atoms with E-state index in [2.05, 4.69) is 15.3 Å². The zero-order valence-corrected chi connectivity index (χ0v) is 10.4. The predicted molar refractivity (Wildman–Crippen MR) is 69.0 cm³/mol. The van der Waals surface area contributed by atoms with Crippen LogP contribution in [0.15, 0.2) is 42.9 Å². The molecular weight excluding hydrogens is 234 g/mol. The molecule has 0 fully saturated rings. The first-order valence-corrected chi connectivity index (χ1v) is 5.85. The van der Waals surface area contributed by atoms with Crippen molar-refractivity contribution in [3.8, 4) is 0 Å². The zero-order valence-electron chi connectivity index (χ0n) is 9.60. The number of pyridine rings is 2. The van der Waals surface area contributed by atoms with Crippen LogP contribution in [0.1, 0.15) is 17.3 Å². The molecule has 17 heavy (non-hydrogen) atoms. The number of likely N-dealkylation sites (N-methyl/N-ethyl adjacent to an activating group) is 1. The van der Waals surface area contributed by atoms with Crippen molar-refractivity contribution in [3.63, 3.8) is 0 Å². The van der Waals surface area contributed by atoms with Gasteiger partial charge < -0.3 is 5.32 Å². The first-order valence-electron chi connectivity index (χ1n) is 5.47. The van der Waals surface area contributed by atoms with E-state index in [0.717, 1.165) is 12.1 Å². The van der Waals surface area contributed by atoms with Crippen molar-refractivity contribution in [2.24, 2.45) is 0 Å². The van der Waals surface area contributed by atoms with E-state index in [1.165, 1.54) is 5.56 Å². The fraction of sp³-hybridized carbons (Fsp3) is 0.231. The summed E-state index contributed by atoms with van der Waals surface area (Å²) in [5.74, 6) is 0. The van der Waals surface area contributed by atoms with Gasteiger partial charge in [0.2, 0.25) is 0 Å². The highest BCUT2D eigenvalue weighted by Crippen LogP contribution is 2.17. The lowest BCUT2D eigenvalue weighted by molar-refractivity contribution is 0.576. The van der Waals surface area contributed by atoms with E-state index >= 15 is 0 Å². The largest absolute Gasteiger partial charge is 0.311 e. The van der Waals surface area contributed by atoms with Gasteiger partial charge in [0.05, 0.1) is 16.8 Å². The maximum atomic E-state index is 5.83. The van der Waals surface area contributed by atoms with Crippen LogP contribution in [-0.2, 0) is 6.42 Å². The highest BCUT2D eigenvalue weighted by atomic mass is 35.5. The van der Waals surface area contributed by atoms with Gasteiger partial charge in [-0.2, -0.15) is 0 Å². The summed E-state index contributed by atoms with van der Waals surface area (Å²) in [5.41, 5.74) is 2.23. The molecule has 0 aliphatic carbocycles. The van der Waals surface area contributed by atoms with E-state index in [-0.39, 0.29) is 6.04 Å². The van der Waals surface area contributed by atoms with Gasteiger partial charge in [-0.05, 0) is 43.3 Å². The standard InChI is InChI=1S/C13H14ClN3/c1-15-13(8-10-4-6-16-7-5-10)12-3-2-11(14)9-17-12/h2-7,9,13,15H,8H2,1H3. The van der Waals surface area contributed by atoms with Crippen molar-refractivity contribution < 1.29 is 0 Å². The molecule has 88 valence electrons. The first-order chi connectivity index (χ1) is 8.29. The first kappa shape index (κ1) is 12.0. The minimum absolute atomic E-state index is 0.190. The monoisotopic (exact) mass is 247 g/mol. The summed E-state index contributed by atoms with van der Waals surface area (Å²) >= 11 is 5.83. The maximum Gasteiger partial charge on any atom is 0.0589 e. The van der Waals surface area contributed by atoms with Crippen molar-refractivity contribution in [1.82, 2.24) is 15.3 Å². The zero-order chi connectivity index (χ0) is 12.1. The fourth-order valence-corrected chi connectivity index (χ4v) is 1.81. The Bertz CT molecular complexity index is 456. The molecule has 0 saturated heterocycles. The van der Waals surface area contributed by atoms with E-state index in [4.69, 9.17) is 11.6 Å². The number of halogens is 1. The Morgan fingerprint density at radius 1 is 1.24 bits per heavy atom. The van der Waals surface area contributed by atoms with Crippen LogP contribution in [-0.4, -0.2) is 17.0 Å². The van der Waals surface area contributed by atoms with E-state index in [0.29, 0.717) is 5.02 Å². The lowest BCUT2D eigenvalue weighted by atomic mass is 10.0. The third-order valence-electron chi connectivity index (χ3n) is 2.64. The van der Waals surface area contributed by atoms with Crippen molar-refractivity contribution >= 4 is 11.6 Å². The molecule has 2 aromatic heterocycles. The molecule has 2 heterocycles. The van der Waals surface area contributed by atoms with Gasteiger partial charge in [0.25, 0.3) is 0 Å². The number of aromatic nitrogens is 2. The summed E-state index contributed by atoms with van der Waals surface area (Å²) in [5, 5.41) is 3.92. The Morgan fingerprint density at radius 2 is 2.00 bits per heavy atom. The van der Waals surface area contributed by atoms with Crippen molar-refractivity contribution in [2.75, 3.05) is 7.05 Å². The predicted octanol–water partition coefficient (Wildman–Crippen LogP) is 2.63. The Kier molecular flexibility index (Phi) is 4.07. The third-order valence-corrected chi connectivity index (χ3v) is 2.87. The number of hydrogen-bond donors (Lipinski definition) is 1. The molecule has 2 rings (SSSR count). The van der Waals surface area contributed by atoms with Gasteiger partial charge in [0.1, 0.15) is 0 Å². The molecule has 1 unspecified atom stereocenters. The van der Waals surface area contributed by atoms with Crippen LogP contribution in [0.3, 0.4) is 0 Å². The van der Waals surface area contributed by atoms with Crippen LogP contribution < -0.4 is 5.32 Å². The van der Waals surface area contributed by atoms with Crippen LogP contribution in [0.2, 0.25) is 5.02 Å². The molecule has 0 amide bonds. The molecule has 0 aliphatic heterocycles. The third kappa shape index (κ3) is 3.25.